The molecule has 0 fully saturated rings. The van der Waals surface area contributed by atoms with Crippen LogP contribution >= 0.6 is 11.3 Å². The summed E-state index contributed by atoms with van der Waals surface area (Å²) in [6, 6.07) is 13.1. The first kappa shape index (κ1) is 18.6. The Morgan fingerprint density at radius 2 is 1.93 bits per heavy atom. The third-order valence-electron chi connectivity index (χ3n) is 4.05. The number of para-hydroxylation sites is 1. The lowest BCUT2D eigenvalue weighted by Crippen LogP contribution is -2.20. The third-order valence-corrected chi connectivity index (χ3v) is 4.81. The zero-order valence-electron chi connectivity index (χ0n) is 15.4. The van der Waals surface area contributed by atoms with Gasteiger partial charge in [-0.05, 0) is 44.0 Å². The van der Waals surface area contributed by atoms with Gasteiger partial charge in [-0.25, -0.2) is 4.98 Å². The Kier molecular flexibility index (Phi) is 5.53. The van der Waals surface area contributed by atoms with Gasteiger partial charge in [0.1, 0.15) is 11.8 Å². The Morgan fingerprint density at radius 1 is 1.22 bits per heavy atom. The third kappa shape index (κ3) is 4.33. The van der Waals surface area contributed by atoms with Gasteiger partial charge in [0.15, 0.2) is 11.7 Å². The Hall–Kier alpha value is -3.17. The molecule has 0 unspecified atom stereocenters. The maximum absolute atomic E-state index is 12.2. The second kappa shape index (κ2) is 8.02. The Bertz CT molecular complexity index is 1010. The van der Waals surface area contributed by atoms with Crippen molar-refractivity contribution < 1.29 is 9.53 Å². The monoisotopic (exact) mass is 377 g/mol. The molecule has 6 heteroatoms. The Balaban J connectivity index is 1.68. The minimum Gasteiger partial charge on any atom is -0.482 e. The molecule has 0 atom stereocenters. The SMILES string of the molecule is Cc1cc(C)c(-c2csc(NC(=O)COc3ccccc3C#N)n2)c(C)c1. The molecule has 3 rings (SSSR count). The van der Waals surface area contributed by atoms with Crippen LogP contribution in [0.4, 0.5) is 5.13 Å². The number of nitriles is 1. The van der Waals surface area contributed by atoms with E-state index in [1.54, 1.807) is 24.3 Å². The van der Waals surface area contributed by atoms with Crippen molar-refractivity contribution in [3.05, 3.63) is 64.0 Å². The fourth-order valence-corrected chi connectivity index (χ4v) is 3.73. The molecule has 0 aliphatic rings. The van der Waals surface area contributed by atoms with Crippen LogP contribution in [0, 0.1) is 32.1 Å². The number of thiazole rings is 1. The average Bonchev–Trinajstić information content (AvgIpc) is 3.07. The van der Waals surface area contributed by atoms with Gasteiger partial charge >= 0.3 is 0 Å². The van der Waals surface area contributed by atoms with E-state index in [9.17, 15) is 4.79 Å². The number of nitrogens with zero attached hydrogens (tertiary/aromatic N) is 2. The van der Waals surface area contributed by atoms with E-state index in [-0.39, 0.29) is 12.5 Å². The van der Waals surface area contributed by atoms with Crippen LogP contribution in [0.3, 0.4) is 0 Å². The Labute approximate surface area is 162 Å². The van der Waals surface area contributed by atoms with Crippen molar-refractivity contribution in [2.45, 2.75) is 20.8 Å². The second-order valence-electron chi connectivity index (χ2n) is 6.26. The molecule has 1 amide bonds. The van der Waals surface area contributed by atoms with Gasteiger partial charge in [-0.1, -0.05) is 29.8 Å². The van der Waals surface area contributed by atoms with Crippen LogP contribution in [0.2, 0.25) is 0 Å². The van der Waals surface area contributed by atoms with E-state index in [0.717, 1.165) is 22.4 Å². The summed E-state index contributed by atoms with van der Waals surface area (Å²) < 4.78 is 5.45. The molecule has 27 heavy (non-hydrogen) atoms. The topological polar surface area (TPSA) is 75.0 Å². The molecule has 0 saturated carbocycles. The quantitative estimate of drug-likeness (QED) is 0.704. The van der Waals surface area contributed by atoms with Crippen molar-refractivity contribution in [1.82, 2.24) is 4.98 Å². The smallest absolute Gasteiger partial charge is 0.264 e. The summed E-state index contributed by atoms with van der Waals surface area (Å²) in [6.45, 7) is 6.01. The summed E-state index contributed by atoms with van der Waals surface area (Å²) in [6.07, 6.45) is 0. The Morgan fingerprint density at radius 3 is 2.63 bits per heavy atom. The molecule has 0 aliphatic carbocycles. The molecule has 0 bridgehead atoms. The lowest BCUT2D eigenvalue weighted by atomic mass is 9.98. The summed E-state index contributed by atoms with van der Waals surface area (Å²) in [5.74, 6) is 0.0712. The molecule has 2 aromatic carbocycles. The van der Waals surface area contributed by atoms with E-state index in [0.29, 0.717) is 16.4 Å². The van der Waals surface area contributed by atoms with Gasteiger partial charge in [0.25, 0.3) is 5.91 Å². The molecule has 0 saturated heterocycles. The summed E-state index contributed by atoms with van der Waals surface area (Å²) in [4.78, 5) is 16.7. The molecule has 0 spiro atoms. The van der Waals surface area contributed by atoms with Crippen LogP contribution in [-0.2, 0) is 4.79 Å². The number of aromatic nitrogens is 1. The highest BCUT2D eigenvalue weighted by Crippen LogP contribution is 2.31. The summed E-state index contributed by atoms with van der Waals surface area (Å²) in [7, 11) is 0. The maximum Gasteiger partial charge on any atom is 0.264 e. The van der Waals surface area contributed by atoms with E-state index in [4.69, 9.17) is 10.00 Å². The van der Waals surface area contributed by atoms with Crippen LogP contribution in [0.15, 0.2) is 41.8 Å². The first-order valence-corrected chi connectivity index (χ1v) is 9.31. The number of ether oxygens (including phenoxy) is 1. The molecule has 0 radical (unpaired) electrons. The highest BCUT2D eigenvalue weighted by molar-refractivity contribution is 7.14. The van der Waals surface area contributed by atoms with Crippen molar-refractivity contribution in [2.75, 3.05) is 11.9 Å². The average molecular weight is 377 g/mol. The van der Waals surface area contributed by atoms with Gasteiger partial charge in [0, 0.05) is 10.9 Å². The van der Waals surface area contributed by atoms with Crippen molar-refractivity contribution in [3.8, 4) is 23.1 Å². The lowest BCUT2D eigenvalue weighted by Gasteiger charge is -2.09. The number of aryl methyl sites for hydroxylation is 3. The first-order valence-electron chi connectivity index (χ1n) is 8.43. The summed E-state index contributed by atoms with van der Waals surface area (Å²) in [5.41, 5.74) is 5.87. The van der Waals surface area contributed by atoms with Crippen LogP contribution in [0.1, 0.15) is 22.3 Å². The van der Waals surface area contributed by atoms with Crippen LogP contribution in [-0.4, -0.2) is 17.5 Å². The summed E-state index contributed by atoms with van der Waals surface area (Å²) >= 11 is 1.37. The fraction of sp³-hybridized carbons (Fsp3) is 0.190. The molecule has 0 aliphatic heterocycles. The number of carbonyl (C=O) groups is 1. The maximum atomic E-state index is 12.2. The van der Waals surface area contributed by atoms with Crippen LogP contribution in [0.25, 0.3) is 11.3 Å². The summed E-state index contributed by atoms with van der Waals surface area (Å²) in [5, 5.41) is 14.3. The largest absolute Gasteiger partial charge is 0.482 e. The number of rotatable bonds is 5. The van der Waals surface area contributed by atoms with Crippen molar-refractivity contribution in [3.63, 3.8) is 0 Å². The second-order valence-corrected chi connectivity index (χ2v) is 7.11. The van der Waals surface area contributed by atoms with Gasteiger partial charge < -0.3 is 4.74 Å². The van der Waals surface area contributed by atoms with E-state index in [2.05, 4.69) is 43.2 Å². The van der Waals surface area contributed by atoms with E-state index < -0.39 is 0 Å². The zero-order chi connectivity index (χ0) is 19.4. The predicted octanol–water partition coefficient (Wildman–Crippen LogP) is 4.62. The first-order chi connectivity index (χ1) is 13.0. The molecule has 3 aromatic rings. The predicted molar refractivity (Wildman–Crippen MR) is 107 cm³/mol. The van der Waals surface area contributed by atoms with Crippen LogP contribution in [0.5, 0.6) is 5.75 Å². The van der Waals surface area contributed by atoms with Gasteiger partial charge in [0.2, 0.25) is 0 Å². The number of amides is 1. The van der Waals surface area contributed by atoms with Gasteiger partial charge in [-0.2, -0.15) is 5.26 Å². The molecule has 1 N–H and O–H groups in total. The minimum absolute atomic E-state index is 0.184. The number of anilines is 1. The van der Waals surface area contributed by atoms with Crippen molar-refractivity contribution >= 4 is 22.4 Å². The lowest BCUT2D eigenvalue weighted by molar-refractivity contribution is -0.118. The number of carbonyl (C=O) groups excluding carboxylic acids is 1. The van der Waals surface area contributed by atoms with Crippen molar-refractivity contribution in [2.24, 2.45) is 0 Å². The van der Waals surface area contributed by atoms with Crippen molar-refractivity contribution in [1.29, 1.82) is 5.26 Å². The highest BCUT2D eigenvalue weighted by atomic mass is 32.1. The number of nitrogens with one attached hydrogen (secondary N) is 1. The molecular formula is C21H19N3O2S. The standard InChI is InChI=1S/C21H19N3O2S/c1-13-8-14(2)20(15(3)9-13)17-12-27-21(23-17)24-19(25)11-26-18-7-5-4-6-16(18)10-22/h4-9,12H,11H2,1-3H3,(H,23,24,25). The van der Waals surface area contributed by atoms with E-state index in [1.165, 1.54) is 16.9 Å². The van der Waals surface area contributed by atoms with Gasteiger partial charge in [-0.3, -0.25) is 10.1 Å². The minimum atomic E-state index is -0.319. The fourth-order valence-electron chi connectivity index (χ4n) is 3.01. The molecule has 1 aromatic heterocycles. The number of hydrogen-bond donors (Lipinski definition) is 1. The highest BCUT2D eigenvalue weighted by Gasteiger charge is 2.13. The molecular weight excluding hydrogens is 358 g/mol. The van der Waals surface area contributed by atoms with E-state index >= 15 is 0 Å². The van der Waals surface area contributed by atoms with Gasteiger partial charge in [0.05, 0.1) is 11.3 Å². The van der Waals surface area contributed by atoms with E-state index in [1.807, 2.05) is 11.4 Å². The van der Waals surface area contributed by atoms with Crippen LogP contribution < -0.4 is 10.1 Å². The number of hydrogen-bond acceptors (Lipinski definition) is 5. The zero-order valence-corrected chi connectivity index (χ0v) is 16.2. The number of benzene rings is 2. The molecule has 1 heterocycles. The molecule has 5 nitrogen and oxygen atoms in total. The van der Waals surface area contributed by atoms with Gasteiger partial charge in [-0.15, -0.1) is 11.3 Å². The molecule has 136 valence electrons. The normalized spacial score (nSPS) is 10.3.